The first kappa shape index (κ1) is 11.6. The molecule has 2 heteroatoms. The summed E-state index contributed by atoms with van der Waals surface area (Å²) in [7, 11) is 2.07. The van der Waals surface area contributed by atoms with Crippen molar-refractivity contribution in [3.8, 4) is 0 Å². The van der Waals surface area contributed by atoms with Crippen LogP contribution in [-0.2, 0) is 4.79 Å². The zero-order chi connectivity index (χ0) is 9.61. The fourth-order valence-corrected chi connectivity index (χ4v) is 1.24. The number of nitrogens with zero attached hydrogens (tertiary/aromatic N) is 1. The number of hydrogen-bond acceptors (Lipinski definition) is 2. The van der Waals surface area contributed by atoms with Gasteiger partial charge in [0.1, 0.15) is 6.29 Å². The van der Waals surface area contributed by atoms with Crippen LogP contribution in [0.3, 0.4) is 0 Å². The van der Waals surface area contributed by atoms with Gasteiger partial charge in [-0.3, -0.25) is 0 Å². The highest BCUT2D eigenvalue weighted by Crippen LogP contribution is 2.12. The van der Waals surface area contributed by atoms with Crippen molar-refractivity contribution in [2.24, 2.45) is 5.41 Å². The fourth-order valence-electron chi connectivity index (χ4n) is 1.24. The molecule has 72 valence electrons. The van der Waals surface area contributed by atoms with Crippen LogP contribution in [0.15, 0.2) is 0 Å². The molecule has 0 aliphatic carbocycles. The van der Waals surface area contributed by atoms with Crippen LogP contribution in [0.5, 0.6) is 0 Å². The minimum absolute atomic E-state index is 0.192. The average molecular weight is 171 g/mol. The maximum atomic E-state index is 10.6. The molecule has 0 spiro atoms. The van der Waals surface area contributed by atoms with Crippen LogP contribution in [-0.4, -0.2) is 31.3 Å². The Morgan fingerprint density at radius 2 is 2.00 bits per heavy atom. The lowest BCUT2D eigenvalue weighted by molar-refractivity contribution is -0.115. The number of carbonyl (C=O) groups is 1. The number of hydrogen-bond donors (Lipinski definition) is 0. The van der Waals surface area contributed by atoms with Crippen molar-refractivity contribution in [2.45, 2.75) is 33.6 Å². The second-order valence-electron chi connectivity index (χ2n) is 4.20. The van der Waals surface area contributed by atoms with Gasteiger partial charge in [-0.05, 0) is 20.0 Å². The predicted molar refractivity (Wildman–Crippen MR) is 52.3 cm³/mol. The van der Waals surface area contributed by atoms with Crippen LogP contribution >= 0.6 is 0 Å². The summed E-state index contributed by atoms with van der Waals surface area (Å²) in [5.74, 6) is 0. The highest BCUT2D eigenvalue weighted by molar-refractivity contribution is 5.58. The van der Waals surface area contributed by atoms with Gasteiger partial charge in [-0.1, -0.05) is 27.2 Å². The van der Waals surface area contributed by atoms with Crippen LogP contribution in [0.2, 0.25) is 0 Å². The third-order valence-corrected chi connectivity index (χ3v) is 1.89. The number of carbonyl (C=O) groups excluding carboxylic acids is 1. The van der Waals surface area contributed by atoms with Crippen molar-refractivity contribution in [1.29, 1.82) is 0 Å². The minimum Gasteiger partial charge on any atom is -0.305 e. The van der Waals surface area contributed by atoms with Crippen LogP contribution < -0.4 is 0 Å². The first-order chi connectivity index (χ1) is 5.52. The molecular formula is C10H21NO. The molecule has 0 fully saturated rings. The molecule has 0 radical (unpaired) electrons. The van der Waals surface area contributed by atoms with E-state index < -0.39 is 0 Å². The molecule has 0 atom stereocenters. The van der Waals surface area contributed by atoms with Gasteiger partial charge in [0.2, 0.25) is 0 Å². The SMILES string of the molecule is CCCCN(C)CC(C)(C)C=O. The van der Waals surface area contributed by atoms with E-state index in [1.165, 1.54) is 12.8 Å². The molecule has 0 aliphatic heterocycles. The van der Waals surface area contributed by atoms with Crippen LogP contribution in [0, 0.1) is 5.41 Å². The van der Waals surface area contributed by atoms with Gasteiger partial charge in [0.05, 0.1) is 0 Å². The van der Waals surface area contributed by atoms with E-state index in [4.69, 9.17) is 0 Å². The molecule has 0 rings (SSSR count). The normalized spacial score (nSPS) is 12.1. The molecule has 0 N–H and O–H groups in total. The predicted octanol–water partition coefficient (Wildman–Crippen LogP) is 1.94. The van der Waals surface area contributed by atoms with E-state index in [1.54, 1.807) is 0 Å². The Kier molecular flexibility index (Phi) is 5.14. The lowest BCUT2D eigenvalue weighted by Gasteiger charge is -2.24. The Labute approximate surface area is 75.9 Å². The average Bonchev–Trinajstić information content (AvgIpc) is 2.00. The second kappa shape index (κ2) is 5.31. The monoisotopic (exact) mass is 171 g/mol. The minimum atomic E-state index is -0.192. The summed E-state index contributed by atoms with van der Waals surface area (Å²) in [4.78, 5) is 12.8. The van der Waals surface area contributed by atoms with Crippen LogP contribution in [0.4, 0.5) is 0 Å². The van der Waals surface area contributed by atoms with Gasteiger partial charge >= 0.3 is 0 Å². The zero-order valence-electron chi connectivity index (χ0n) is 8.76. The van der Waals surface area contributed by atoms with Crippen molar-refractivity contribution < 1.29 is 4.79 Å². The van der Waals surface area contributed by atoms with E-state index in [0.717, 1.165) is 19.4 Å². The lowest BCUT2D eigenvalue weighted by Crippen LogP contribution is -2.32. The van der Waals surface area contributed by atoms with Crippen molar-refractivity contribution in [1.82, 2.24) is 4.90 Å². The van der Waals surface area contributed by atoms with Crippen molar-refractivity contribution >= 4 is 6.29 Å². The summed E-state index contributed by atoms with van der Waals surface area (Å²) in [5, 5.41) is 0. The Morgan fingerprint density at radius 1 is 1.42 bits per heavy atom. The molecule has 0 aromatic carbocycles. The first-order valence-electron chi connectivity index (χ1n) is 4.66. The second-order valence-corrected chi connectivity index (χ2v) is 4.20. The molecule has 0 saturated heterocycles. The molecule has 0 aromatic rings. The third-order valence-electron chi connectivity index (χ3n) is 1.89. The molecule has 12 heavy (non-hydrogen) atoms. The molecule has 0 unspecified atom stereocenters. The molecule has 0 heterocycles. The van der Waals surface area contributed by atoms with Gasteiger partial charge in [0.15, 0.2) is 0 Å². The van der Waals surface area contributed by atoms with E-state index in [1.807, 2.05) is 13.8 Å². The van der Waals surface area contributed by atoms with Gasteiger partial charge in [-0.15, -0.1) is 0 Å². The fraction of sp³-hybridized carbons (Fsp3) is 0.900. The highest BCUT2D eigenvalue weighted by Gasteiger charge is 2.18. The molecule has 0 saturated carbocycles. The van der Waals surface area contributed by atoms with E-state index in [9.17, 15) is 4.79 Å². The summed E-state index contributed by atoms with van der Waals surface area (Å²) in [6.07, 6.45) is 3.47. The van der Waals surface area contributed by atoms with Crippen molar-refractivity contribution in [3.05, 3.63) is 0 Å². The van der Waals surface area contributed by atoms with E-state index in [-0.39, 0.29) is 5.41 Å². The van der Waals surface area contributed by atoms with Gasteiger partial charge in [-0.25, -0.2) is 0 Å². The number of unbranched alkanes of at least 4 members (excludes halogenated alkanes) is 1. The van der Waals surface area contributed by atoms with E-state index in [2.05, 4.69) is 18.9 Å². The summed E-state index contributed by atoms with van der Waals surface area (Å²) < 4.78 is 0. The summed E-state index contributed by atoms with van der Waals surface area (Å²) >= 11 is 0. The zero-order valence-corrected chi connectivity index (χ0v) is 8.76. The maximum Gasteiger partial charge on any atom is 0.126 e. The molecule has 2 nitrogen and oxygen atoms in total. The van der Waals surface area contributed by atoms with Crippen LogP contribution in [0.1, 0.15) is 33.6 Å². The largest absolute Gasteiger partial charge is 0.305 e. The van der Waals surface area contributed by atoms with Crippen LogP contribution in [0.25, 0.3) is 0 Å². The lowest BCUT2D eigenvalue weighted by atomic mass is 9.95. The Morgan fingerprint density at radius 3 is 2.42 bits per heavy atom. The highest BCUT2D eigenvalue weighted by atomic mass is 16.1. The molecular weight excluding hydrogens is 150 g/mol. The number of aldehydes is 1. The molecule has 0 amide bonds. The summed E-state index contributed by atoms with van der Waals surface area (Å²) in [5.41, 5.74) is -0.192. The van der Waals surface area contributed by atoms with Gasteiger partial charge in [0, 0.05) is 12.0 Å². The Bertz CT molecular complexity index is 132. The Balaban J connectivity index is 3.67. The summed E-state index contributed by atoms with van der Waals surface area (Å²) in [6, 6.07) is 0. The molecule has 0 aliphatic rings. The molecule has 0 aromatic heterocycles. The maximum absolute atomic E-state index is 10.6. The van der Waals surface area contributed by atoms with E-state index >= 15 is 0 Å². The first-order valence-corrected chi connectivity index (χ1v) is 4.66. The number of rotatable bonds is 6. The quantitative estimate of drug-likeness (QED) is 0.569. The summed E-state index contributed by atoms with van der Waals surface area (Å²) in [6.45, 7) is 8.08. The Hall–Kier alpha value is -0.370. The van der Waals surface area contributed by atoms with Crippen molar-refractivity contribution in [3.63, 3.8) is 0 Å². The van der Waals surface area contributed by atoms with Gasteiger partial charge in [0.25, 0.3) is 0 Å². The topological polar surface area (TPSA) is 20.3 Å². The molecule has 0 bridgehead atoms. The smallest absolute Gasteiger partial charge is 0.126 e. The van der Waals surface area contributed by atoms with Gasteiger partial charge < -0.3 is 9.69 Å². The van der Waals surface area contributed by atoms with Crippen molar-refractivity contribution in [2.75, 3.05) is 20.1 Å². The van der Waals surface area contributed by atoms with Gasteiger partial charge in [-0.2, -0.15) is 0 Å². The standard InChI is InChI=1S/C10H21NO/c1-5-6-7-11(4)8-10(2,3)9-12/h9H,5-8H2,1-4H3. The van der Waals surface area contributed by atoms with E-state index in [0.29, 0.717) is 0 Å². The third kappa shape index (κ3) is 5.30.